The summed E-state index contributed by atoms with van der Waals surface area (Å²) in [6.45, 7) is 11.9. The molecule has 0 aromatic rings. The van der Waals surface area contributed by atoms with E-state index in [4.69, 9.17) is 0 Å². The molecular weight excluding hydrogens is 352 g/mol. The third-order valence-corrected chi connectivity index (χ3v) is 8.95. The first-order valence-corrected chi connectivity index (χ1v) is 13.9. The second-order valence-electron chi connectivity index (χ2n) is 8.13. The average molecular weight is 403 g/mol. The topological polar surface area (TPSA) is 0 Å². The zero-order chi connectivity index (χ0) is 19.5. The van der Waals surface area contributed by atoms with Crippen LogP contribution in [0.2, 0.25) is 0 Å². The molecule has 0 aromatic carbocycles. The Balaban J connectivity index is 3.64. The van der Waals surface area contributed by atoms with Crippen molar-refractivity contribution in [3.8, 4) is 0 Å². The second-order valence-corrected chi connectivity index (χ2v) is 11.3. The highest BCUT2D eigenvalue weighted by Crippen LogP contribution is 2.31. The van der Waals surface area contributed by atoms with Crippen LogP contribution in [0.25, 0.3) is 0 Å². The molecule has 158 valence electrons. The van der Waals surface area contributed by atoms with E-state index >= 15 is 0 Å². The van der Waals surface area contributed by atoms with Crippen molar-refractivity contribution in [3.63, 3.8) is 0 Å². The molecule has 0 aromatic heterocycles. The van der Waals surface area contributed by atoms with Crippen LogP contribution >= 0.6 is 23.5 Å². The summed E-state index contributed by atoms with van der Waals surface area (Å²) < 4.78 is 0. The number of hydrogen-bond acceptors (Lipinski definition) is 2. The van der Waals surface area contributed by atoms with Gasteiger partial charge in [0.15, 0.2) is 0 Å². The van der Waals surface area contributed by atoms with Gasteiger partial charge in [-0.1, -0.05) is 112 Å². The van der Waals surface area contributed by atoms with Gasteiger partial charge >= 0.3 is 0 Å². The Hall–Kier alpha value is 0.700. The van der Waals surface area contributed by atoms with Crippen LogP contribution in [0.4, 0.5) is 0 Å². The van der Waals surface area contributed by atoms with Crippen molar-refractivity contribution in [2.45, 2.75) is 147 Å². The van der Waals surface area contributed by atoms with Crippen LogP contribution < -0.4 is 0 Å². The van der Waals surface area contributed by atoms with Gasteiger partial charge < -0.3 is 0 Å². The van der Waals surface area contributed by atoms with Gasteiger partial charge in [0, 0.05) is 15.7 Å². The summed E-state index contributed by atoms with van der Waals surface area (Å²) in [4.78, 5) is 0. The van der Waals surface area contributed by atoms with Gasteiger partial charge in [0.2, 0.25) is 0 Å². The van der Waals surface area contributed by atoms with Crippen molar-refractivity contribution in [1.29, 1.82) is 0 Å². The van der Waals surface area contributed by atoms with Crippen molar-refractivity contribution < 1.29 is 0 Å². The number of unbranched alkanes of at least 4 members (excludes halogenated alkanes) is 11. The van der Waals surface area contributed by atoms with Crippen molar-refractivity contribution in [1.82, 2.24) is 0 Å². The van der Waals surface area contributed by atoms with E-state index in [0.29, 0.717) is 0 Å². The monoisotopic (exact) mass is 402 g/mol. The molecule has 0 amide bonds. The highest BCUT2D eigenvalue weighted by atomic mass is 32.2. The molecule has 0 saturated carbocycles. The third kappa shape index (κ3) is 16.8. The summed E-state index contributed by atoms with van der Waals surface area (Å²) in [6, 6.07) is 0. The van der Waals surface area contributed by atoms with Crippen molar-refractivity contribution in [2.75, 3.05) is 5.75 Å². The van der Waals surface area contributed by atoms with Crippen LogP contribution in [0, 0.1) is 0 Å². The quantitative estimate of drug-likeness (QED) is 0.186. The third-order valence-electron chi connectivity index (χ3n) is 5.53. The fourth-order valence-electron chi connectivity index (χ4n) is 3.40. The zero-order valence-electron chi connectivity index (χ0n) is 18.9. The molecule has 0 radical (unpaired) electrons. The van der Waals surface area contributed by atoms with E-state index in [-0.39, 0.29) is 0 Å². The molecule has 0 nitrogen and oxygen atoms in total. The Kier molecular flexibility index (Phi) is 21.0. The Bertz CT molecular complexity index is 267. The minimum absolute atomic E-state index is 0.801. The van der Waals surface area contributed by atoms with E-state index < -0.39 is 0 Å². The van der Waals surface area contributed by atoms with Crippen LogP contribution in [-0.4, -0.2) is 21.5 Å². The lowest BCUT2D eigenvalue weighted by Gasteiger charge is -2.24. The molecule has 0 bridgehead atoms. The lowest BCUT2D eigenvalue weighted by molar-refractivity contribution is 0.586. The molecule has 0 N–H and O–H groups in total. The highest BCUT2D eigenvalue weighted by molar-refractivity contribution is 8.04. The standard InChI is InChI=1S/C24H50S2/c1-6-9-11-13-14-15-17-19-21-25-22(4)23(5)26-24(8-3)20-18-16-12-10-7-2/h22-24H,6-21H2,1-5H3. The molecule has 3 atom stereocenters. The summed E-state index contributed by atoms with van der Waals surface area (Å²) in [5, 5.41) is 2.49. The van der Waals surface area contributed by atoms with Crippen LogP contribution in [-0.2, 0) is 0 Å². The molecule has 0 rings (SSSR count). The molecular formula is C24H50S2. The molecule has 3 unspecified atom stereocenters. The van der Waals surface area contributed by atoms with Gasteiger partial charge in [-0.25, -0.2) is 0 Å². The smallest absolute Gasteiger partial charge is 0.0138 e. The van der Waals surface area contributed by atoms with Crippen LogP contribution in [0.5, 0.6) is 0 Å². The number of rotatable bonds is 20. The molecule has 0 spiro atoms. The first-order valence-electron chi connectivity index (χ1n) is 11.9. The molecule has 0 aliphatic heterocycles. The molecule has 0 aliphatic carbocycles. The molecule has 0 heterocycles. The van der Waals surface area contributed by atoms with Gasteiger partial charge in [0.25, 0.3) is 0 Å². The highest BCUT2D eigenvalue weighted by Gasteiger charge is 2.17. The maximum atomic E-state index is 2.47. The molecule has 0 aliphatic rings. The lowest BCUT2D eigenvalue weighted by Crippen LogP contribution is -2.17. The summed E-state index contributed by atoms with van der Waals surface area (Å²) in [5.74, 6) is 1.37. The van der Waals surface area contributed by atoms with Crippen LogP contribution in [0.15, 0.2) is 0 Å². The Morgan fingerprint density at radius 2 is 1.08 bits per heavy atom. The molecule has 0 saturated heterocycles. The van der Waals surface area contributed by atoms with Gasteiger partial charge in [-0.05, 0) is 25.0 Å². The number of hydrogen-bond donors (Lipinski definition) is 0. The minimum Gasteiger partial charge on any atom is -0.158 e. The van der Waals surface area contributed by atoms with E-state index in [1.54, 1.807) is 0 Å². The first kappa shape index (κ1) is 26.7. The number of thioether (sulfide) groups is 2. The van der Waals surface area contributed by atoms with Gasteiger partial charge in [0.1, 0.15) is 0 Å². The molecule has 2 heteroatoms. The van der Waals surface area contributed by atoms with Crippen molar-refractivity contribution in [2.24, 2.45) is 0 Å². The van der Waals surface area contributed by atoms with Crippen LogP contribution in [0.1, 0.15) is 131 Å². The summed E-state index contributed by atoms with van der Waals surface area (Å²) >= 11 is 4.50. The summed E-state index contributed by atoms with van der Waals surface area (Å²) in [6.07, 6.45) is 21.4. The normalized spacial score (nSPS) is 15.1. The van der Waals surface area contributed by atoms with Gasteiger partial charge in [-0.2, -0.15) is 23.5 Å². The SMILES string of the molecule is CCCCCCCCCCSC(C)C(C)SC(CC)CCCCCCC. The van der Waals surface area contributed by atoms with E-state index in [2.05, 4.69) is 58.1 Å². The summed E-state index contributed by atoms with van der Waals surface area (Å²) in [7, 11) is 0. The lowest BCUT2D eigenvalue weighted by atomic mass is 10.1. The zero-order valence-corrected chi connectivity index (χ0v) is 20.5. The predicted molar refractivity (Wildman–Crippen MR) is 129 cm³/mol. The Morgan fingerprint density at radius 3 is 1.62 bits per heavy atom. The van der Waals surface area contributed by atoms with Gasteiger partial charge in [0.05, 0.1) is 0 Å². The average Bonchev–Trinajstić information content (AvgIpc) is 2.65. The van der Waals surface area contributed by atoms with E-state index in [0.717, 1.165) is 15.7 Å². The van der Waals surface area contributed by atoms with Gasteiger partial charge in [-0.15, -0.1) is 0 Å². The minimum atomic E-state index is 0.801. The van der Waals surface area contributed by atoms with E-state index in [1.807, 2.05) is 0 Å². The van der Waals surface area contributed by atoms with Crippen molar-refractivity contribution >= 4 is 23.5 Å². The predicted octanol–water partition coefficient (Wildman–Crippen LogP) is 9.51. The van der Waals surface area contributed by atoms with Gasteiger partial charge in [-0.3, -0.25) is 0 Å². The van der Waals surface area contributed by atoms with Crippen LogP contribution in [0.3, 0.4) is 0 Å². The Labute approximate surface area is 175 Å². The Morgan fingerprint density at radius 1 is 0.577 bits per heavy atom. The summed E-state index contributed by atoms with van der Waals surface area (Å²) in [5.41, 5.74) is 0. The molecule has 0 fully saturated rings. The second kappa shape index (κ2) is 20.4. The fourth-order valence-corrected chi connectivity index (χ4v) is 6.16. The maximum Gasteiger partial charge on any atom is 0.0138 e. The largest absolute Gasteiger partial charge is 0.158 e. The van der Waals surface area contributed by atoms with Crippen molar-refractivity contribution in [3.05, 3.63) is 0 Å². The fraction of sp³-hybridized carbons (Fsp3) is 1.00. The first-order chi connectivity index (χ1) is 12.7. The maximum absolute atomic E-state index is 2.47. The molecule has 26 heavy (non-hydrogen) atoms. The van der Waals surface area contributed by atoms with E-state index in [1.165, 1.54) is 102 Å². The van der Waals surface area contributed by atoms with E-state index in [9.17, 15) is 0 Å².